The summed E-state index contributed by atoms with van der Waals surface area (Å²) in [5.41, 5.74) is 4.87. The molecular weight excluding hydrogens is 556 g/mol. The van der Waals surface area contributed by atoms with Gasteiger partial charge in [-0.1, -0.05) is 30.3 Å². The third-order valence-corrected chi connectivity index (χ3v) is 9.71. The Kier molecular flexibility index (Phi) is 6.35. The molecule has 2 aromatic heterocycles. The average molecular weight is 575 g/mol. The monoisotopic (exact) mass is 574 g/mol. The second-order valence-corrected chi connectivity index (χ2v) is 12.4. The van der Waals surface area contributed by atoms with Crippen molar-refractivity contribution in [3.8, 4) is 21.1 Å². The molecule has 4 aromatic carbocycles. The smallest absolute Gasteiger partial charge is 0.294 e. The van der Waals surface area contributed by atoms with Crippen LogP contribution in [0.15, 0.2) is 83.8 Å². The van der Waals surface area contributed by atoms with Crippen LogP contribution in [0.3, 0.4) is 0 Å². The summed E-state index contributed by atoms with van der Waals surface area (Å²) >= 11 is 2.74. The fourth-order valence-corrected chi connectivity index (χ4v) is 7.70. The van der Waals surface area contributed by atoms with Gasteiger partial charge < -0.3 is 0 Å². The minimum absolute atomic E-state index is 0.0796. The van der Waals surface area contributed by atoms with Crippen LogP contribution in [0.5, 0.6) is 0 Å². The van der Waals surface area contributed by atoms with Gasteiger partial charge in [0.15, 0.2) is 5.78 Å². The molecule has 0 fully saturated rings. The number of ketones is 1. The van der Waals surface area contributed by atoms with Gasteiger partial charge in [-0.15, -0.1) is 22.7 Å². The zero-order valence-corrected chi connectivity index (χ0v) is 22.8. The van der Waals surface area contributed by atoms with Crippen LogP contribution in [0.1, 0.15) is 21.5 Å². The summed E-state index contributed by atoms with van der Waals surface area (Å²) in [6.45, 7) is 1.64. The molecule has 0 amide bonds. The lowest BCUT2D eigenvalue weighted by molar-refractivity contribution is 0.0993. The van der Waals surface area contributed by atoms with Crippen molar-refractivity contribution < 1.29 is 22.2 Å². The number of fused-ring (bicyclic) bond motifs is 2. The lowest BCUT2D eigenvalue weighted by Crippen LogP contribution is -2.03. The highest BCUT2D eigenvalue weighted by atomic mass is 32.2. The number of benzene rings is 4. The highest BCUT2D eigenvalue weighted by Gasteiger charge is 2.21. The molecule has 0 saturated heterocycles. The Morgan fingerprint density at radius 2 is 1.49 bits per heavy atom. The number of nitrogens with zero attached hydrogens (tertiary/aromatic N) is 2. The van der Waals surface area contributed by atoms with Crippen molar-refractivity contribution in [3.05, 3.63) is 101 Å². The lowest BCUT2D eigenvalue weighted by Gasteiger charge is -2.03. The molecule has 194 valence electrons. The first-order valence-corrected chi connectivity index (χ1v) is 14.9. The molecule has 6 aromatic rings. The standard InChI is InChI=1S/C29H19FN2O4S3/c1-16-2-12-23-26(27(16)39(34,35)36)38-29(32-23)20-9-13-22-25(15-20)37-28(31-22)19-5-3-17(4-6-19)14-24(33)18-7-10-21(30)11-8-18/h2-13,15H,14H2,1H3,(H,34,35,36). The van der Waals surface area contributed by atoms with Gasteiger partial charge in [-0.3, -0.25) is 9.35 Å². The van der Waals surface area contributed by atoms with E-state index >= 15 is 0 Å². The van der Waals surface area contributed by atoms with Crippen molar-refractivity contribution in [2.24, 2.45) is 0 Å². The molecule has 6 nitrogen and oxygen atoms in total. The van der Waals surface area contributed by atoms with Gasteiger partial charge >= 0.3 is 0 Å². The summed E-state index contributed by atoms with van der Waals surface area (Å²) in [5, 5.41) is 1.47. The number of thiazole rings is 2. The van der Waals surface area contributed by atoms with Crippen LogP contribution in [0, 0.1) is 12.7 Å². The number of carbonyl (C=O) groups is 1. The molecule has 10 heteroatoms. The van der Waals surface area contributed by atoms with Crippen molar-refractivity contribution in [2.75, 3.05) is 0 Å². The minimum atomic E-state index is -4.39. The summed E-state index contributed by atoms with van der Waals surface area (Å²) < 4.78 is 48.2. The van der Waals surface area contributed by atoms with Gasteiger partial charge in [0.25, 0.3) is 10.1 Å². The van der Waals surface area contributed by atoms with Crippen LogP contribution in [-0.2, 0) is 16.5 Å². The largest absolute Gasteiger partial charge is 0.296 e. The molecule has 6 rings (SSSR count). The summed E-state index contributed by atoms with van der Waals surface area (Å²) in [6, 6.07) is 22.4. The molecule has 0 unspecified atom stereocenters. The first-order chi connectivity index (χ1) is 18.7. The van der Waals surface area contributed by atoms with Crippen molar-refractivity contribution in [2.45, 2.75) is 18.2 Å². The normalized spacial score (nSPS) is 11.9. The average Bonchev–Trinajstić information content (AvgIpc) is 3.52. The van der Waals surface area contributed by atoms with Crippen molar-refractivity contribution in [1.82, 2.24) is 9.97 Å². The van der Waals surface area contributed by atoms with E-state index in [9.17, 15) is 22.2 Å². The number of aromatic nitrogens is 2. The van der Waals surface area contributed by atoms with E-state index in [1.807, 2.05) is 42.5 Å². The zero-order valence-electron chi connectivity index (χ0n) is 20.4. The third-order valence-electron chi connectivity index (χ3n) is 6.33. The van der Waals surface area contributed by atoms with E-state index in [0.29, 0.717) is 26.4 Å². The van der Waals surface area contributed by atoms with E-state index in [1.54, 1.807) is 19.1 Å². The number of halogens is 1. The number of rotatable bonds is 6. The van der Waals surface area contributed by atoms with E-state index in [2.05, 4.69) is 4.98 Å². The molecule has 0 aliphatic heterocycles. The summed E-state index contributed by atoms with van der Waals surface area (Å²) in [5.74, 6) is -0.454. The summed E-state index contributed by atoms with van der Waals surface area (Å²) in [6.07, 6.45) is 0.218. The second-order valence-electron chi connectivity index (χ2n) is 9.06. The van der Waals surface area contributed by atoms with Crippen LogP contribution >= 0.6 is 22.7 Å². The van der Waals surface area contributed by atoms with Gasteiger partial charge in [-0.25, -0.2) is 14.4 Å². The Balaban J connectivity index is 1.27. The maximum atomic E-state index is 13.1. The topological polar surface area (TPSA) is 97.2 Å². The molecule has 0 aliphatic rings. The minimum Gasteiger partial charge on any atom is -0.294 e. The number of Topliss-reactive ketones (excluding diaryl/α,β-unsaturated/α-hetero) is 1. The van der Waals surface area contributed by atoms with Crippen molar-refractivity contribution in [3.63, 3.8) is 0 Å². The first-order valence-electron chi connectivity index (χ1n) is 11.8. The predicted molar refractivity (Wildman–Crippen MR) is 153 cm³/mol. The van der Waals surface area contributed by atoms with E-state index in [4.69, 9.17) is 4.98 Å². The third kappa shape index (κ3) is 4.99. The Hall–Kier alpha value is -3.83. The zero-order chi connectivity index (χ0) is 27.3. The van der Waals surface area contributed by atoms with Gasteiger partial charge in [0, 0.05) is 23.1 Å². The van der Waals surface area contributed by atoms with Crippen molar-refractivity contribution in [1.29, 1.82) is 0 Å². The highest BCUT2D eigenvalue weighted by molar-refractivity contribution is 7.86. The second kappa shape index (κ2) is 9.73. The molecule has 0 aliphatic carbocycles. The number of hydrogen-bond acceptors (Lipinski definition) is 7. The summed E-state index contributed by atoms with van der Waals surface area (Å²) in [7, 11) is -4.39. The molecule has 0 radical (unpaired) electrons. The number of aryl methyl sites for hydroxylation is 1. The fraction of sp³-hybridized carbons (Fsp3) is 0.0690. The Bertz CT molecular complexity index is 2000. The Morgan fingerprint density at radius 3 is 2.21 bits per heavy atom. The van der Waals surface area contributed by atoms with Gasteiger partial charge in [0.1, 0.15) is 20.7 Å². The van der Waals surface area contributed by atoms with Crippen LogP contribution < -0.4 is 0 Å². The lowest BCUT2D eigenvalue weighted by atomic mass is 10.0. The molecule has 1 N–H and O–H groups in total. The van der Waals surface area contributed by atoms with Gasteiger partial charge in [0.2, 0.25) is 0 Å². The van der Waals surface area contributed by atoms with Crippen molar-refractivity contribution >= 4 is 59.0 Å². The quantitative estimate of drug-likeness (QED) is 0.165. The van der Waals surface area contributed by atoms with Gasteiger partial charge in [-0.2, -0.15) is 8.42 Å². The molecule has 0 atom stereocenters. The SMILES string of the molecule is Cc1ccc2nc(-c3ccc4nc(-c5ccc(CC(=O)c6ccc(F)cc6)cc5)sc4c3)sc2c1S(=O)(=O)O. The predicted octanol–water partition coefficient (Wildman–Crippen LogP) is 7.36. The highest BCUT2D eigenvalue weighted by Crippen LogP contribution is 2.38. The van der Waals surface area contributed by atoms with Crippen LogP contribution in [0.25, 0.3) is 41.6 Å². The number of hydrogen-bond donors (Lipinski definition) is 1. The van der Waals surface area contributed by atoms with Gasteiger partial charge in [0.05, 0.1) is 20.4 Å². The molecular formula is C29H19FN2O4S3. The number of carbonyl (C=O) groups excluding carboxylic acids is 1. The molecule has 0 bridgehead atoms. The maximum absolute atomic E-state index is 13.1. The van der Waals surface area contributed by atoms with E-state index in [0.717, 1.165) is 31.9 Å². The first kappa shape index (κ1) is 25.4. The van der Waals surface area contributed by atoms with Gasteiger partial charge in [-0.05, 0) is 66.6 Å². The van der Waals surface area contributed by atoms with Crippen LogP contribution in [-0.4, -0.2) is 28.7 Å². The Morgan fingerprint density at radius 1 is 0.846 bits per heavy atom. The maximum Gasteiger partial charge on any atom is 0.296 e. The molecule has 0 spiro atoms. The van der Waals surface area contributed by atoms with E-state index < -0.39 is 10.1 Å². The molecule has 0 saturated carbocycles. The van der Waals surface area contributed by atoms with Crippen LogP contribution in [0.4, 0.5) is 4.39 Å². The van der Waals surface area contributed by atoms with Crippen LogP contribution in [0.2, 0.25) is 0 Å². The van der Waals surface area contributed by atoms with E-state index in [1.165, 1.54) is 46.9 Å². The van der Waals surface area contributed by atoms with E-state index in [-0.39, 0.29) is 22.9 Å². The molecule has 39 heavy (non-hydrogen) atoms. The Labute approximate surface area is 231 Å². The summed E-state index contributed by atoms with van der Waals surface area (Å²) in [4.78, 5) is 21.8. The fourth-order valence-electron chi connectivity index (χ4n) is 4.38. The molecule has 2 heterocycles.